The van der Waals surface area contributed by atoms with Gasteiger partial charge in [-0.25, -0.2) is 0 Å². The van der Waals surface area contributed by atoms with Gasteiger partial charge in [-0.3, -0.25) is 14.4 Å². The van der Waals surface area contributed by atoms with Gasteiger partial charge in [0.2, 0.25) is 0 Å². The highest BCUT2D eigenvalue weighted by Crippen LogP contribution is 2.15. The van der Waals surface area contributed by atoms with Crippen LogP contribution in [0, 0.1) is 0 Å². The van der Waals surface area contributed by atoms with Crippen molar-refractivity contribution in [3.05, 3.63) is 48.6 Å². The summed E-state index contributed by atoms with van der Waals surface area (Å²) in [7, 11) is 0. The van der Waals surface area contributed by atoms with E-state index in [9.17, 15) is 14.4 Å². The molecule has 0 aromatic rings. The summed E-state index contributed by atoms with van der Waals surface area (Å²) in [4.78, 5) is 37.8. The van der Waals surface area contributed by atoms with E-state index in [4.69, 9.17) is 14.2 Å². The number of ether oxygens (including phenoxy) is 3. The van der Waals surface area contributed by atoms with Crippen molar-refractivity contribution in [1.29, 1.82) is 0 Å². The number of rotatable bonds is 44. The first kappa shape index (κ1) is 55.4. The lowest BCUT2D eigenvalue weighted by molar-refractivity contribution is -0.167. The minimum Gasteiger partial charge on any atom is -0.462 e. The Morgan fingerprint density at radius 2 is 0.672 bits per heavy atom. The minimum absolute atomic E-state index is 0.0855. The first-order valence-corrected chi connectivity index (χ1v) is 24.6. The van der Waals surface area contributed by atoms with Crippen molar-refractivity contribution in [2.24, 2.45) is 0 Å². The molecule has 1 atom stereocenters. The van der Waals surface area contributed by atoms with Gasteiger partial charge in [0.25, 0.3) is 0 Å². The van der Waals surface area contributed by atoms with Crippen LogP contribution in [0.1, 0.15) is 245 Å². The Morgan fingerprint density at radius 1 is 0.362 bits per heavy atom. The van der Waals surface area contributed by atoms with Crippen LogP contribution in [-0.2, 0) is 28.6 Å². The summed E-state index contributed by atoms with van der Waals surface area (Å²) in [6, 6.07) is 0. The molecule has 0 fully saturated rings. The van der Waals surface area contributed by atoms with Crippen LogP contribution in [0.15, 0.2) is 48.6 Å². The maximum Gasteiger partial charge on any atom is 0.306 e. The zero-order valence-corrected chi connectivity index (χ0v) is 38.3. The molecule has 0 heterocycles. The number of carbonyl (C=O) groups is 3. The molecule has 0 rings (SSSR count). The average molecular weight is 813 g/mol. The number of hydrogen-bond acceptors (Lipinski definition) is 6. The zero-order valence-electron chi connectivity index (χ0n) is 38.3. The molecule has 0 aromatic heterocycles. The molecular weight excluding hydrogens is 721 g/mol. The van der Waals surface area contributed by atoms with Gasteiger partial charge in [-0.15, -0.1) is 0 Å². The van der Waals surface area contributed by atoms with Crippen LogP contribution in [-0.4, -0.2) is 37.2 Å². The van der Waals surface area contributed by atoms with E-state index >= 15 is 0 Å². The van der Waals surface area contributed by atoms with Crippen molar-refractivity contribution in [3.8, 4) is 0 Å². The number of allylic oxidation sites excluding steroid dienone is 8. The van der Waals surface area contributed by atoms with Crippen LogP contribution in [0.3, 0.4) is 0 Å². The second kappa shape index (κ2) is 47.1. The standard InChI is InChI=1S/C52H92O6/c1-4-7-10-13-16-19-22-25-26-28-30-33-36-39-42-45-51(54)57-48-49(47-56-50(53)44-41-38-35-32-29-24-21-18-15-12-9-6-3)58-52(55)46-43-40-37-34-31-27-23-20-17-14-11-8-5-2/h8,11,17-18,20-21,27,31,49H,4-7,9-10,12-16,19,22-26,28-30,32-48H2,1-3H3/b11-8-,20-17-,21-18-,31-27-. The molecule has 6 heteroatoms. The van der Waals surface area contributed by atoms with Gasteiger partial charge >= 0.3 is 17.9 Å². The third-order valence-corrected chi connectivity index (χ3v) is 10.6. The van der Waals surface area contributed by atoms with Gasteiger partial charge in [0, 0.05) is 19.3 Å². The predicted octanol–water partition coefficient (Wildman–Crippen LogP) is 15.9. The van der Waals surface area contributed by atoms with Gasteiger partial charge in [-0.1, -0.05) is 198 Å². The lowest BCUT2D eigenvalue weighted by atomic mass is 10.0. The van der Waals surface area contributed by atoms with Crippen molar-refractivity contribution < 1.29 is 28.6 Å². The molecule has 0 aliphatic heterocycles. The number of esters is 3. The monoisotopic (exact) mass is 813 g/mol. The van der Waals surface area contributed by atoms with Crippen LogP contribution < -0.4 is 0 Å². The molecule has 336 valence electrons. The minimum atomic E-state index is -0.787. The lowest BCUT2D eigenvalue weighted by Crippen LogP contribution is -2.30. The summed E-state index contributed by atoms with van der Waals surface area (Å²) in [5.74, 6) is -0.920. The largest absolute Gasteiger partial charge is 0.462 e. The van der Waals surface area contributed by atoms with Crippen molar-refractivity contribution >= 4 is 17.9 Å². The molecule has 0 amide bonds. The molecule has 58 heavy (non-hydrogen) atoms. The van der Waals surface area contributed by atoms with Gasteiger partial charge in [0.1, 0.15) is 13.2 Å². The fraction of sp³-hybridized carbons (Fsp3) is 0.788. The average Bonchev–Trinajstić information content (AvgIpc) is 3.22. The van der Waals surface area contributed by atoms with E-state index in [-0.39, 0.29) is 31.1 Å². The molecule has 0 spiro atoms. The molecule has 0 saturated heterocycles. The summed E-state index contributed by atoms with van der Waals surface area (Å²) in [5.41, 5.74) is 0. The molecule has 0 N–H and O–H groups in total. The Kier molecular flexibility index (Phi) is 44.9. The Bertz CT molecular complexity index is 1030. The molecule has 0 radical (unpaired) electrons. The summed E-state index contributed by atoms with van der Waals surface area (Å²) >= 11 is 0. The van der Waals surface area contributed by atoms with Crippen LogP contribution in [0.2, 0.25) is 0 Å². The van der Waals surface area contributed by atoms with Gasteiger partial charge in [-0.2, -0.15) is 0 Å². The van der Waals surface area contributed by atoms with Crippen molar-refractivity contribution in [2.75, 3.05) is 13.2 Å². The van der Waals surface area contributed by atoms with E-state index in [0.29, 0.717) is 19.3 Å². The second-order valence-electron chi connectivity index (χ2n) is 16.3. The first-order valence-electron chi connectivity index (χ1n) is 24.6. The van der Waals surface area contributed by atoms with E-state index in [1.54, 1.807) is 0 Å². The zero-order chi connectivity index (χ0) is 42.3. The lowest BCUT2D eigenvalue weighted by Gasteiger charge is -2.18. The molecule has 0 saturated carbocycles. The van der Waals surface area contributed by atoms with Crippen molar-refractivity contribution in [3.63, 3.8) is 0 Å². The van der Waals surface area contributed by atoms with Gasteiger partial charge in [0.15, 0.2) is 6.10 Å². The van der Waals surface area contributed by atoms with Crippen LogP contribution in [0.5, 0.6) is 0 Å². The molecule has 0 aliphatic rings. The molecule has 0 aliphatic carbocycles. The maximum absolute atomic E-state index is 12.7. The molecule has 0 bridgehead atoms. The van der Waals surface area contributed by atoms with E-state index in [2.05, 4.69) is 69.4 Å². The van der Waals surface area contributed by atoms with E-state index < -0.39 is 6.10 Å². The Labute approximate surface area is 358 Å². The van der Waals surface area contributed by atoms with Crippen LogP contribution in [0.4, 0.5) is 0 Å². The van der Waals surface area contributed by atoms with Crippen molar-refractivity contribution in [1.82, 2.24) is 0 Å². The predicted molar refractivity (Wildman–Crippen MR) is 247 cm³/mol. The highest BCUT2D eigenvalue weighted by Gasteiger charge is 2.19. The number of hydrogen-bond donors (Lipinski definition) is 0. The number of carbonyl (C=O) groups excluding carboxylic acids is 3. The Balaban J connectivity index is 4.40. The third kappa shape index (κ3) is 44.5. The van der Waals surface area contributed by atoms with Crippen LogP contribution >= 0.6 is 0 Å². The third-order valence-electron chi connectivity index (χ3n) is 10.6. The van der Waals surface area contributed by atoms with E-state index in [0.717, 1.165) is 89.9 Å². The second-order valence-corrected chi connectivity index (χ2v) is 16.3. The highest BCUT2D eigenvalue weighted by molar-refractivity contribution is 5.71. The summed E-state index contributed by atoms with van der Waals surface area (Å²) in [5, 5.41) is 0. The van der Waals surface area contributed by atoms with Crippen molar-refractivity contribution in [2.45, 2.75) is 252 Å². The molecule has 1 unspecified atom stereocenters. The topological polar surface area (TPSA) is 78.9 Å². The van der Waals surface area contributed by atoms with Crippen LogP contribution in [0.25, 0.3) is 0 Å². The highest BCUT2D eigenvalue weighted by atomic mass is 16.6. The SMILES string of the molecule is CC/C=C\C/C=C\C/C=C\CCCCCC(=O)OC(COC(=O)CCCCCCC/C=C\CCCCC)COC(=O)CCCCCCCCCCCCCCCCC. The summed E-state index contributed by atoms with van der Waals surface area (Å²) in [6.45, 7) is 6.47. The van der Waals surface area contributed by atoms with E-state index in [1.807, 2.05) is 0 Å². The fourth-order valence-electron chi connectivity index (χ4n) is 6.86. The normalized spacial score (nSPS) is 12.4. The summed E-state index contributed by atoms with van der Waals surface area (Å²) < 4.78 is 16.7. The fourth-order valence-corrected chi connectivity index (χ4v) is 6.86. The molecular formula is C52H92O6. The molecule has 6 nitrogen and oxygen atoms in total. The van der Waals surface area contributed by atoms with E-state index in [1.165, 1.54) is 116 Å². The Morgan fingerprint density at radius 3 is 1.12 bits per heavy atom. The van der Waals surface area contributed by atoms with Gasteiger partial charge < -0.3 is 14.2 Å². The Hall–Kier alpha value is -2.63. The smallest absolute Gasteiger partial charge is 0.306 e. The molecule has 0 aromatic carbocycles. The maximum atomic E-state index is 12.7. The van der Waals surface area contributed by atoms with Gasteiger partial charge in [-0.05, 0) is 77.0 Å². The number of unbranched alkanes of at least 4 members (excludes halogenated alkanes) is 25. The summed E-state index contributed by atoms with van der Waals surface area (Å²) in [6.07, 6.45) is 55.2. The quantitative estimate of drug-likeness (QED) is 0.0264. The van der Waals surface area contributed by atoms with Gasteiger partial charge in [0.05, 0.1) is 0 Å². The first-order chi connectivity index (χ1) is 28.5.